The number of fused-ring (bicyclic) bond motifs is 1. The molecular weight excluding hydrogens is 263 g/mol. The summed E-state index contributed by atoms with van der Waals surface area (Å²) in [6.07, 6.45) is -4.33. The van der Waals surface area contributed by atoms with Gasteiger partial charge in [0.1, 0.15) is 4.88 Å². The Bertz CT molecular complexity index is 589. The fraction of sp³-hybridized carbons (Fsp3) is 0.250. The van der Waals surface area contributed by atoms with Crippen LogP contribution in [0.3, 0.4) is 0 Å². The number of alkyl halides is 3. The van der Waals surface area contributed by atoms with Crippen molar-refractivity contribution in [1.29, 1.82) is 0 Å². The highest BCUT2D eigenvalue weighted by molar-refractivity contribution is 7.19. The van der Waals surface area contributed by atoms with Gasteiger partial charge < -0.3 is 5.32 Å². The Morgan fingerprint density at radius 2 is 2.06 bits per heavy atom. The fourth-order valence-corrected chi connectivity index (χ4v) is 2.53. The van der Waals surface area contributed by atoms with E-state index >= 15 is 0 Å². The zero-order valence-corrected chi connectivity index (χ0v) is 10.3. The van der Waals surface area contributed by atoms with Crippen LogP contribution in [0.1, 0.15) is 15.2 Å². The third-order valence-corrected chi connectivity index (χ3v) is 3.62. The molecule has 6 heteroatoms. The SMILES string of the molecule is CNCC(=O)c1ccc2sc(C(F)(F)F)cc2c1. The first-order chi connectivity index (χ1) is 8.41. The molecule has 0 spiro atoms. The molecule has 1 heterocycles. The number of rotatable bonds is 3. The average molecular weight is 273 g/mol. The number of halogens is 3. The van der Waals surface area contributed by atoms with E-state index in [9.17, 15) is 18.0 Å². The normalized spacial score (nSPS) is 12.0. The Labute approximate surface area is 105 Å². The molecule has 2 nitrogen and oxygen atoms in total. The van der Waals surface area contributed by atoms with Crippen LogP contribution in [0.5, 0.6) is 0 Å². The Hall–Kier alpha value is -1.40. The standard InChI is InChI=1S/C12H10F3NOS/c1-16-6-9(17)7-2-3-10-8(4-7)5-11(18-10)12(13,14)15/h2-5,16H,6H2,1H3. The monoisotopic (exact) mass is 273 g/mol. The summed E-state index contributed by atoms with van der Waals surface area (Å²) in [5.74, 6) is -0.140. The lowest BCUT2D eigenvalue weighted by Gasteiger charge is -1.99. The second-order valence-corrected chi connectivity index (χ2v) is 4.90. The number of ketones is 1. The molecule has 0 saturated heterocycles. The van der Waals surface area contributed by atoms with Crippen LogP contribution < -0.4 is 5.32 Å². The van der Waals surface area contributed by atoms with Crippen molar-refractivity contribution in [3.63, 3.8) is 0 Å². The van der Waals surface area contributed by atoms with Gasteiger partial charge in [-0.05, 0) is 36.7 Å². The summed E-state index contributed by atoms with van der Waals surface area (Å²) < 4.78 is 38.1. The molecular formula is C12H10F3NOS. The number of hydrogen-bond donors (Lipinski definition) is 1. The minimum absolute atomic E-state index is 0.140. The quantitative estimate of drug-likeness (QED) is 0.869. The summed E-state index contributed by atoms with van der Waals surface area (Å²) >= 11 is 0.686. The van der Waals surface area contributed by atoms with Crippen molar-refractivity contribution in [2.75, 3.05) is 13.6 Å². The number of thiophene rings is 1. The molecule has 1 aromatic carbocycles. The predicted octanol–water partition coefficient (Wildman–Crippen LogP) is 3.32. The van der Waals surface area contributed by atoms with Crippen molar-refractivity contribution in [3.05, 3.63) is 34.7 Å². The lowest BCUT2D eigenvalue weighted by atomic mass is 10.1. The number of carbonyl (C=O) groups excluding carboxylic acids is 1. The molecule has 0 amide bonds. The maximum absolute atomic E-state index is 12.5. The van der Waals surface area contributed by atoms with Crippen LogP contribution in [0.2, 0.25) is 0 Å². The second kappa shape index (κ2) is 4.70. The van der Waals surface area contributed by atoms with E-state index in [-0.39, 0.29) is 12.3 Å². The number of benzene rings is 1. The molecule has 2 rings (SSSR count). The molecule has 0 aliphatic heterocycles. The minimum atomic E-state index is -4.33. The van der Waals surface area contributed by atoms with Gasteiger partial charge in [0.25, 0.3) is 0 Å². The summed E-state index contributed by atoms with van der Waals surface area (Å²) in [5.41, 5.74) is 0.420. The van der Waals surface area contributed by atoms with E-state index in [0.29, 0.717) is 27.0 Å². The van der Waals surface area contributed by atoms with Crippen LogP contribution in [0.25, 0.3) is 10.1 Å². The van der Waals surface area contributed by atoms with E-state index in [0.717, 1.165) is 6.07 Å². The van der Waals surface area contributed by atoms with Gasteiger partial charge in [0.05, 0.1) is 6.54 Å². The molecule has 0 fully saturated rings. The topological polar surface area (TPSA) is 29.1 Å². The van der Waals surface area contributed by atoms with Crippen LogP contribution in [-0.2, 0) is 6.18 Å². The number of likely N-dealkylation sites (N-methyl/N-ethyl adjacent to an activating group) is 1. The van der Waals surface area contributed by atoms with Crippen LogP contribution in [0, 0.1) is 0 Å². The van der Waals surface area contributed by atoms with Crippen molar-refractivity contribution >= 4 is 27.2 Å². The zero-order valence-electron chi connectivity index (χ0n) is 9.47. The summed E-state index contributed by atoms with van der Waals surface area (Å²) in [7, 11) is 1.64. The van der Waals surface area contributed by atoms with Gasteiger partial charge in [-0.1, -0.05) is 0 Å². The first-order valence-corrected chi connectivity index (χ1v) is 6.02. The largest absolute Gasteiger partial charge is 0.425 e. The Balaban J connectivity index is 2.43. The molecule has 0 radical (unpaired) electrons. The van der Waals surface area contributed by atoms with Gasteiger partial charge in [-0.15, -0.1) is 11.3 Å². The minimum Gasteiger partial charge on any atom is -0.313 e. The van der Waals surface area contributed by atoms with E-state index in [2.05, 4.69) is 5.32 Å². The number of carbonyl (C=O) groups is 1. The molecule has 1 aromatic heterocycles. The maximum Gasteiger partial charge on any atom is 0.425 e. The Morgan fingerprint density at radius 3 is 2.67 bits per heavy atom. The smallest absolute Gasteiger partial charge is 0.313 e. The molecule has 0 atom stereocenters. The summed E-state index contributed by atoms with van der Waals surface area (Å²) in [6, 6.07) is 5.69. The van der Waals surface area contributed by atoms with Crippen molar-refractivity contribution < 1.29 is 18.0 Å². The van der Waals surface area contributed by atoms with Crippen molar-refractivity contribution in [3.8, 4) is 0 Å². The first kappa shape index (κ1) is 13.0. The molecule has 0 aliphatic rings. The summed E-state index contributed by atoms with van der Waals surface area (Å²) in [5, 5.41) is 3.17. The van der Waals surface area contributed by atoms with Gasteiger partial charge in [0.2, 0.25) is 0 Å². The summed E-state index contributed by atoms with van der Waals surface area (Å²) in [4.78, 5) is 11.0. The third kappa shape index (κ3) is 2.54. The van der Waals surface area contributed by atoms with Crippen molar-refractivity contribution in [2.24, 2.45) is 0 Å². The fourth-order valence-electron chi connectivity index (χ4n) is 1.62. The molecule has 2 aromatic rings. The molecule has 18 heavy (non-hydrogen) atoms. The number of hydrogen-bond acceptors (Lipinski definition) is 3. The lowest BCUT2D eigenvalue weighted by molar-refractivity contribution is -0.134. The molecule has 1 N–H and O–H groups in total. The van der Waals surface area contributed by atoms with E-state index in [1.54, 1.807) is 19.2 Å². The van der Waals surface area contributed by atoms with Crippen molar-refractivity contribution in [2.45, 2.75) is 6.18 Å². The maximum atomic E-state index is 12.5. The van der Waals surface area contributed by atoms with E-state index in [1.807, 2.05) is 0 Å². The van der Waals surface area contributed by atoms with Gasteiger partial charge in [0, 0.05) is 10.3 Å². The molecule has 0 aliphatic carbocycles. The number of Topliss-reactive ketones (excluding diaryl/α,β-unsaturated/α-hetero) is 1. The highest BCUT2D eigenvalue weighted by Crippen LogP contribution is 2.38. The first-order valence-electron chi connectivity index (χ1n) is 5.20. The average Bonchev–Trinajstić information content (AvgIpc) is 2.71. The third-order valence-electron chi connectivity index (χ3n) is 2.45. The van der Waals surface area contributed by atoms with E-state index in [4.69, 9.17) is 0 Å². The highest BCUT2D eigenvalue weighted by Gasteiger charge is 2.32. The molecule has 0 saturated carbocycles. The second-order valence-electron chi connectivity index (χ2n) is 3.81. The van der Waals surface area contributed by atoms with Crippen LogP contribution in [0.15, 0.2) is 24.3 Å². The molecule has 0 bridgehead atoms. The predicted molar refractivity (Wildman–Crippen MR) is 65.1 cm³/mol. The molecule has 0 unspecified atom stereocenters. The van der Waals surface area contributed by atoms with Gasteiger partial charge in [-0.25, -0.2) is 0 Å². The van der Waals surface area contributed by atoms with Crippen LogP contribution in [-0.4, -0.2) is 19.4 Å². The van der Waals surface area contributed by atoms with Gasteiger partial charge >= 0.3 is 6.18 Å². The van der Waals surface area contributed by atoms with Crippen molar-refractivity contribution in [1.82, 2.24) is 5.32 Å². The lowest BCUT2D eigenvalue weighted by Crippen LogP contribution is -2.18. The van der Waals surface area contributed by atoms with Crippen LogP contribution >= 0.6 is 11.3 Å². The Kier molecular flexibility index (Phi) is 3.41. The summed E-state index contributed by atoms with van der Waals surface area (Å²) in [6.45, 7) is 0.168. The van der Waals surface area contributed by atoms with Gasteiger partial charge in [-0.2, -0.15) is 13.2 Å². The van der Waals surface area contributed by atoms with Gasteiger partial charge in [-0.3, -0.25) is 4.79 Å². The molecule has 96 valence electrons. The van der Waals surface area contributed by atoms with E-state index in [1.165, 1.54) is 6.07 Å². The van der Waals surface area contributed by atoms with Gasteiger partial charge in [0.15, 0.2) is 5.78 Å². The van der Waals surface area contributed by atoms with E-state index < -0.39 is 11.1 Å². The van der Waals surface area contributed by atoms with Crippen LogP contribution in [0.4, 0.5) is 13.2 Å². The zero-order chi connectivity index (χ0) is 13.3. The number of nitrogens with one attached hydrogen (secondary N) is 1. The highest BCUT2D eigenvalue weighted by atomic mass is 32.1. The Morgan fingerprint density at radius 1 is 1.33 bits per heavy atom.